The zero-order valence-electron chi connectivity index (χ0n) is 14.6. The summed E-state index contributed by atoms with van der Waals surface area (Å²) >= 11 is 0. The molecule has 5 heteroatoms. The van der Waals surface area contributed by atoms with Gasteiger partial charge in [-0.15, -0.1) is 0 Å². The van der Waals surface area contributed by atoms with E-state index in [2.05, 4.69) is 24.4 Å². The number of hydrogen-bond donors (Lipinski definition) is 1. The van der Waals surface area contributed by atoms with Gasteiger partial charge in [0.1, 0.15) is 0 Å². The number of benzene rings is 2. The Labute approximate surface area is 145 Å². The molecule has 0 aromatic heterocycles. The number of sulfonamides is 1. The Hall–Kier alpha value is -1.69. The van der Waals surface area contributed by atoms with Gasteiger partial charge in [-0.3, -0.25) is 0 Å². The van der Waals surface area contributed by atoms with Crippen LogP contribution in [-0.2, 0) is 23.1 Å². The van der Waals surface area contributed by atoms with Crippen LogP contribution >= 0.6 is 0 Å². The molecule has 130 valence electrons. The SMILES string of the molecule is CCN(CC)S(=O)(=O)c1ccc(CNCc2ccccc2C)cc1. The van der Waals surface area contributed by atoms with Gasteiger partial charge in [0, 0.05) is 26.2 Å². The Balaban J connectivity index is 1.99. The van der Waals surface area contributed by atoms with Crippen LogP contribution in [0.25, 0.3) is 0 Å². The summed E-state index contributed by atoms with van der Waals surface area (Å²) in [5.41, 5.74) is 3.62. The molecule has 1 N–H and O–H groups in total. The number of nitrogens with zero attached hydrogens (tertiary/aromatic N) is 1. The first kappa shape index (κ1) is 18.6. The van der Waals surface area contributed by atoms with E-state index >= 15 is 0 Å². The zero-order valence-corrected chi connectivity index (χ0v) is 15.4. The first-order valence-corrected chi connectivity index (χ1v) is 9.77. The van der Waals surface area contributed by atoms with E-state index in [4.69, 9.17) is 0 Å². The Morgan fingerprint density at radius 1 is 0.917 bits per heavy atom. The molecule has 0 radical (unpaired) electrons. The van der Waals surface area contributed by atoms with Crippen molar-refractivity contribution in [2.45, 2.75) is 38.8 Å². The highest BCUT2D eigenvalue weighted by molar-refractivity contribution is 7.89. The van der Waals surface area contributed by atoms with Crippen molar-refractivity contribution in [3.8, 4) is 0 Å². The molecular weight excluding hydrogens is 320 g/mol. The lowest BCUT2D eigenvalue weighted by Crippen LogP contribution is -2.30. The van der Waals surface area contributed by atoms with Gasteiger partial charge < -0.3 is 5.32 Å². The van der Waals surface area contributed by atoms with Gasteiger partial charge in [-0.2, -0.15) is 4.31 Å². The first-order valence-electron chi connectivity index (χ1n) is 8.33. The molecule has 2 rings (SSSR count). The van der Waals surface area contributed by atoms with Crippen LogP contribution in [0.2, 0.25) is 0 Å². The summed E-state index contributed by atoms with van der Waals surface area (Å²) in [4.78, 5) is 0.355. The Morgan fingerprint density at radius 2 is 1.54 bits per heavy atom. The number of aryl methyl sites for hydroxylation is 1. The van der Waals surface area contributed by atoms with Crippen LogP contribution in [0.3, 0.4) is 0 Å². The molecule has 0 unspecified atom stereocenters. The Morgan fingerprint density at radius 3 is 2.12 bits per heavy atom. The van der Waals surface area contributed by atoms with E-state index in [9.17, 15) is 8.42 Å². The summed E-state index contributed by atoms with van der Waals surface area (Å²) in [7, 11) is -3.37. The van der Waals surface area contributed by atoms with E-state index in [1.807, 2.05) is 38.1 Å². The van der Waals surface area contributed by atoms with Crippen molar-refractivity contribution in [1.29, 1.82) is 0 Å². The van der Waals surface area contributed by atoms with Gasteiger partial charge in [-0.1, -0.05) is 50.2 Å². The van der Waals surface area contributed by atoms with Crippen LogP contribution in [0.15, 0.2) is 53.4 Å². The van der Waals surface area contributed by atoms with Crippen molar-refractivity contribution in [3.63, 3.8) is 0 Å². The minimum atomic E-state index is -3.37. The van der Waals surface area contributed by atoms with Gasteiger partial charge in [0.25, 0.3) is 0 Å². The second-order valence-electron chi connectivity index (χ2n) is 5.76. The molecule has 4 nitrogen and oxygen atoms in total. The number of hydrogen-bond acceptors (Lipinski definition) is 3. The Kier molecular flexibility index (Phi) is 6.54. The van der Waals surface area contributed by atoms with Crippen LogP contribution in [0.4, 0.5) is 0 Å². The third-order valence-corrected chi connectivity index (χ3v) is 6.24. The molecule has 0 aliphatic carbocycles. The standard InChI is InChI=1S/C19H26N2O2S/c1-4-21(5-2)24(22,23)19-12-10-17(11-13-19)14-20-15-18-9-7-6-8-16(18)3/h6-13,20H,4-5,14-15H2,1-3H3. The van der Waals surface area contributed by atoms with Crippen LogP contribution in [0.1, 0.15) is 30.5 Å². The molecule has 24 heavy (non-hydrogen) atoms. The molecule has 2 aromatic rings. The van der Waals surface area contributed by atoms with Crippen molar-refractivity contribution in [1.82, 2.24) is 9.62 Å². The molecule has 0 heterocycles. The third-order valence-electron chi connectivity index (χ3n) is 4.17. The van der Waals surface area contributed by atoms with Gasteiger partial charge >= 0.3 is 0 Å². The monoisotopic (exact) mass is 346 g/mol. The van der Waals surface area contributed by atoms with Gasteiger partial charge in [0.05, 0.1) is 4.90 Å². The lowest BCUT2D eigenvalue weighted by Gasteiger charge is -2.18. The first-order chi connectivity index (χ1) is 11.5. The second kappa shape index (κ2) is 8.42. The van der Waals surface area contributed by atoms with Gasteiger partial charge in [0.2, 0.25) is 10.0 Å². The van der Waals surface area contributed by atoms with Crippen molar-refractivity contribution < 1.29 is 8.42 Å². The van der Waals surface area contributed by atoms with Crippen LogP contribution in [-0.4, -0.2) is 25.8 Å². The molecule has 0 saturated carbocycles. The van der Waals surface area contributed by atoms with Crippen LogP contribution in [0.5, 0.6) is 0 Å². The molecule has 0 aliphatic heterocycles. The van der Waals surface area contributed by atoms with E-state index in [0.29, 0.717) is 24.5 Å². The van der Waals surface area contributed by atoms with Crippen LogP contribution in [0, 0.1) is 6.92 Å². The van der Waals surface area contributed by atoms with Crippen LogP contribution < -0.4 is 5.32 Å². The largest absolute Gasteiger partial charge is 0.309 e. The van der Waals surface area contributed by atoms with Crippen molar-refractivity contribution in [3.05, 3.63) is 65.2 Å². The lowest BCUT2D eigenvalue weighted by atomic mass is 10.1. The highest BCUT2D eigenvalue weighted by Crippen LogP contribution is 2.16. The van der Waals surface area contributed by atoms with E-state index in [1.165, 1.54) is 15.4 Å². The molecule has 0 atom stereocenters. The average molecular weight is 346 g/mol. The summed E-state index contributed by atoms with van der Waals surface area (Å²) in [6.07, 6.45) is 0. The summed E-state index contributed by atoms with van der Waals surface area (Å²) < 4.78 is 26.4. The number of nitrogens with one attached hydrogen (secondary N) is 1. The molecule has 0 bridgehead atoms. The van der Waals surface area contributed by atoms with Crippen molar-refractivity contribution in [2.24, 2.45) is 0 Å². The fraction of sp³-hybridized carbons (Fsp3) is 0.368. The van der Waals surface area contributed by atoms with E-state index in [1.54, 1.807) is 12.1 Å². The fourth-order valence-electron chi connectivity index (χ4n) is 2.64. The summed E-state index contributed by atoms with van der Waals surface area (Å²) in [6.45, 7) is 8.28. The predicted molar refractivity (Wildman–Crippen MR) is 98.3 cm³/mol. The second-order valence-corrected chi connectivity index (χ2v) is 7.70. The highest BCUT2D eigenvalue weighted by Gasteiger charge is 2.20. The minimum absolute atomic E-state index is 0.355. The summed E-state index contributed by atoms with van der Waals surface area (Å²) in [6, 6.07) is 15.4. The minimum Gasteiger partial charge on any atom is -0.309 e. The topological polar surface area (TPSA) is 49.4 Å². The molecule has 0 fully saturated rings. The maximum Gasteiger partial charge on any atom is 0.243 e. The van der Waals surface area contributed by atoms with Gasteiger partial charge in [0.15, 0.2) is 0 Å². The van der Waals surface area contributed by atoms with Crippen molar-refractivity contribution in [2.75, 3.05) is 13.1 Å². The smallest absolute Gasteiger partial charge is 0.243 e. The molecule has 0 spiro atoms. The maximum absolute atomic E-state index is 12.5. The lowest BCUT2D eigenvalue weighted by molar-refractivity contribution is 0.445. The summed E-state index contributed by atoms with van der Waals surface area (Å²) in [5.74, 6) is 0. The highest BCUT2D eigenvalue weighted by atomic mass is 32.2. The third kappa shape index (κ3) is 4.44. The van der Waals surface area contributed by atoms with Crippen molar-refractivity contribution >= 4 is 10.0 Å². The molecule has 0 aliphatic rings. The van der Waals surface area contributed by atoms with E-state index in [-0.39, 0.29) is 0 Å². The maximum atomic E-state index is 12.5. The molecule has 0 amide bonds. The fourth-order valence-corrected chi connectivity index (χ4v) is 4.10. The molecule has 0 saturated heterocycles. The average Bonchev–Trinajstić information content (AvgIpc) is 2.58. The Bertz CT molecular complexity index is 751. The molecular formula is C19H26N2O2S. The zero-order chi connectivity index (χ0) is 17.6. The predicted octanol–water partition coefficient (Wildman–Crippen LogP) is 3.32. The van der Waals surface area contributed by atoms with Gasteiger partial charge in [-0.05, 0) is 35.7 Å². The summed E-state index contributed by atoms with van der Waals surface area (Å²) in [5, 5.41) is 3.40. The van der Waals surface area contributed by atoms with E-state index in [0.717, 1.165) is 12.1 Å². The number of rotatable bonds is 8. The molecule has 2 aromatic carbocycles. The quantitative estimate of drug-likeness (QED) is 0.798. The van der Waals surface area contributed by atoms with E-state index < -0.39 is 10.0 Å². The van der Waals surface area contributed by atoms with Gasteiger partial charge in [-0.25, -0.2) is 8.42 Å². The normalized spacial score (nSPS) is 11.8.